The van der Waals surface area contributed by atoms with Gasteiger partial charge in [-0.15, -0.1) is 0 Å². The maximum absolute atomic E-state index is 12.0. The van der Waals surface area contributed by atoms with E-state index in [-0.39, 0.29) is 16.7 Å². The van der Waals surface area contributed by atoms with Crippen molar-refractivity contribution in [3.8, 4) is 5.75 Å². The van der Waals surface area contributed by atoms with E-state index in [4.69, 9.17) is 9.72 Å². The SMILES string of the molecule is CC(C)(C)C(=O)NCCCCCc1nc2ccccc2n1CCOc1ccc(C(C)(C)C)cc1. The van der Waals surface area contributed by atoms with E-state index in [1.54, 1.807) is 0 Å². The highest BCUT2D eigenvalue weighted by molar-refractivity contribution is 5.81. The van der Waals surface area contributed by atoms with Gasteiger partial charge in [-0.2, -0.15) is 0 Å². The summed E-state index contributed by atoms with van der Waals surface area (Å²) < 4.78 is 8.36. The van der Waals surface area contributed by atoms with Crippen molar-refractivity contribution in [1.29, 1.82) is 0 Å². The molecule has 2 aromatic carbocycles. The predicted molar refractivity (Wildman–Crippen MR) is 140 cm³/mol. The highest BCUT2D eigenvalue weighted by Gasteiger charge is 2.20. The van der Waals surface area contributed by atoms with Crippen LogP contribution < -0.4 is 10.1 Å². The van der Waals surface area contributed by atoms with Gasteiger partial charge in [0.2, 0.25) is 5.91 Å². The average molecular weight is 464 g/mol. The molecule has 184 valence electrons. The van der Waals surface area contributed by atoms with E-state index in [1.165, 1.54) is 5.56 Å². The second-order valence-electron chi connectivity index (χ2n) is 11.1. The fourth-order valence-electron chi connectivity index (χ4n) is 3.92. The smallest absolute Gasteiger partial charge is 0.225 e. The van der Waals surface area contributed by atoms with Crippen LogP contribution in [0.1, 0.15) is 72.2 Å². The molecule has 0 radical (unpaired) electrons. The first-order valence-electron chi connectivity index (χ1n) is 12.5. The van der Waals surface area contributed by atoms with Gasteiger partial charge in [-0.05, 0) is 48.1 Å². The van der Waals surface area contributed by atoms with Crippen LogP contribution in [0.25, 0.3) is 11.0 Å². The summed E-state index contributed by atoms with van der Waals surface area (Å²) in [5.41, 5.74) is 3.30. The molecule has 0 atom stereocenters. The lowest BCUT2D eigenvalue weighted by Crippen LogP contribution is -2.35. The number of ether oxygens (including phenoxy) is 1. The predicted octanol–water partition coefficient (Wildman–Crippen LogP) is 6.29. The molecule has 0 saturated heterocycles. The van der Waals surface area contributed by atoms with Crippen molar-refractivity contribution in [2.24, 2.45) is 5.41 Å². The normalized spacial score (nSPS) is 12.2. The van der Waals surface area contributed by atoms with Crippen LogP contribution in [0.15, 0.2) is 48.5 Å². The first-order chi connectivity index (χ1) is 16.1. The molecule has 0 aliphatic carbocycles. The Balaban J connectivity index is 1.54. The Morgan fingerprint density at radius 1 is 0.941 bits per heavy atom. The van der Waals surface area contributed by atoms with E-state index in [1.807, 2.05) is 26.8 Å². The lowest BCUT2D eigenvalue weighted by molar-refractivity contribution is -0.128. The average Bonchev–Trinajstić information content (AvgIpc) is 3.12. The third-order valence-corrected chi connectivity index (χ3v) is 6.08. The molecular formula is C29H41N3O2. The van der Waals surface area contributed by atoms with Crippen LogP contribution in [-0.4, -0.2) is 28.6 Å². The van der Waals surface area contributed by atoms with Crippen LogP contribution in [-0.2, 0) is 23.2 Å². The molecule has 3 rings (SSSR count). The number of fused-ring (bicyclic) bond motifs is 1. The van der Waals surface area contributed by atoms with Gasteiger partial charge in [0.05, 0.1) is 17.6 Å². The Kier molecular flexibility index (Phi) is 8.40. The van der Waals surface area contributed by atoms with Crippen LogP contribution in [0, 0.1) is 5.41 Å². The third kappa shape index (κ3) is 7.09. The van der Waals surface area contributed by atoms with E-state index in [2.05, 4.69) is 73.1 Å². The van der Waals surface area contributed by atoms with Crippen LogP contribution in [0.3, 0.4) is 0 Å². The molecule has 3 aromatic rings. The van der Waals surface area contributed by atoms with Gasteiger partial charge in [0.25, 0.3) is 0 Å². The van der Waals surface area contributed by atoms with Crippen molar-refractivity contribution >= 4 is 16.9 Å². The number of aryl methyl sites for hydroxylation is 1. The minimum atomic E-state index is -0.332. The molecule has 5 heteroatoms. The summed E-state index contributed by atoms with van der Waals surface area (Å²) in [6.45, 7) is 14.6. The summed E-state index contributed by atoms with van der Waals surface area (Å²) in [5, 5.41) is 3.03. The zero-order chi connectivity index (χ0) is 24.8. The lowest BCUT2D eigenvalue weighted by Gasteiger charge is -2.19. The zero-order valence-corrected chi connectivity index (χ0v) is 21.8. The van der Waals surface area contributed by atoms with Gasteiger partial charge < -0.3 is 14.6 Å². The summed E-state index contributed by atoms with van der Waals surface area (Å²) >= 11 is 0. The van der Waals surface area contributed by atoms with Crippen molar-refractivity contribution < 1.29 is 9.53 Å². The van der Waals surface area contributed by atoms with Crippen molar-refractivity contribution in [3.63, 3.8) is 0 Å². The van der Waals surface area contributed by atoms with Crippen molar-refractivity contribution in [2.75, 3.05) is 13.2 Å². The number of aromatic nitrogens is 2. The summed E-state index contributed by atoms with van der Waals surface area (Å²) in [7, 11) is 0. The minimum Gasteiger partial charge on any atom is -0.492 e. The highest BCUT2D eigenvalue weighted by atomic mass is 16.5. The van der Waals surface area contributed by atoms with E-state index in [0.717, 1.165) is 61.4 Å². The molecule has 0 bridgehead atoms. The first kappa shape index (κ1) is 25.8. The molecule has 5 nitrogen and oxygen atoms in total. The number of amides is 1. The Morgan fingerprint density at radius 3 is 2.32 bits per heavy atom. The molecule has 0 aliphatic rings. The number of rotatable bonds is 10. The van der Waals surface area contributed by atoms with E-state index < -0.39 is 0 Å². The maximum atomic E-state index is 12.0. The molecule has 1 aromatic heterocycles. The third-order valence-electron chi connectivity index (χ3n) is 6.08. The van der Waals surface area contributed by atoms with Gasteiger partial charge in [-0.3, -0.25) is 4.79 Å². The number of hydrogen-bond acceptors (Lipinski definition) is 3. The van der Waals surface area contributed by atoms with Gasteiger partial charge in [0.15, 0.2) is 0 Å². The van der Waals surface area contributed by atoms with Crippen molar-refractivity contribution in [2.45, 2.75) is 79.2 Å². The van der Waals surface area contributed by atoms with Gasteiger partial charge >= 0.3 is 0 Å². The summed E-state index contributed by atoms with van der Waals surface area (Å²) in [4.78, 5) is 16.9. The van der Waals surface area contributed by atoms with Crippen LogP contribution in [0.5, 0.6) is 5.75 Å². The number of benzene rings is 2. The number of nitrogens with zero attached hydrogens (tertiary/aromatic N) is 2. The topological polar surface area (TPSA) is 56.2 Å². The lowest BCUT2D eigenvalue weighted by atomic mass is 9.87. The van der Waals surface area contributed by atoms with E-state index in [0.29, 0.717) is 6.61 Å². The number of imidazole rings is 1. The largest absolute Gasteiger partial charge is 0.492 e. The Labute approximate surface area is 204 Å². The number of carbonyl (C=O) groups excluding carboxylic acids is 1. The highest BCUT2D eigenvalue weighted by Crippen LogP contribution is 2.24. The number of carbonyl (C=O) groups is 1. The fourth-order valence-corrected chi connectivity index (χ4v) is 3.92. The maximum Gasteiger partial charge on any atom is 0.225 e. The van der Waals surface area contributed by atoms with E-state index >= 15 is 0 Å². The number of nitrogens with one attached hydrogen (secondary N) is 1. The molecular weight excluding hydrogens is 422 g/mol. The zero-order valence-electron chi connectivity index (χ0n) is 21.8. The molecule has 0 saturated carbocycles. The van der Waals surface area contributed by atoms with Crippen LogP contribution in [0.2, 0.25) is 0 Å². The molecule has 1 N–H and O–H groups in total. The van der Waals surface area contributed by atoms with Crippen molar-refractivity contribution in [3.05, 3.63) is 59.9 Å². The molecule has 34 heavy (non-hydrogen) atoms. The molecule has 0 spiro atoms. The first-order valence-corrected chi connectivity index (χ1v) is 12.5. The van der Waals surface area contributed by atoms with E-state index in [9.17, 15) is 4.79 Å². The second kappa shape index (κ2) is 11.1. The Hall–Kier alpha value is -2.82. The van der Waals surface area contributed by atoms with Gasteiger partial charge in [-0.1, -0.05) is 72.2 Å². The number of hydrogen-bond donors (Lipinski definition) is 1. The molecule has 1 heterocycles. The van der Waals surface area contributed by atoms with Crippen LogP contribution >= 0.6 is 0 Å². The molecule has 1 amide bonds. The number of para-hydroxylation sites is 2. The molecule has 0 aliphatic heterocycles. The van der Waals surface area contributed by atoms with Gasteiger partial charge in [0.1, 0.15) is 18.2 Å². The number of unbranched alkanes of at least 4 members (excludes halogenated alkanes) is 2. The van der Waals surface area contributed by atoms with Crippen molar-refractivity contribution in [1.82, 2.24) is 14.9 Å². The second-order valence-corrected chi connectivity index (χ2v) is 11.1. The quantitative estimate of drug-likeness (QED) is 0.360. The fraction of sp³-hybridized carbons (Fsp3) is 0.517. The summed E-state index contributed by atoms with van der Waals surface area (Å²) in [6, 6.07) is 16.7. The van der Waals surface area contributed by atoms with Gasteiger partial charge in [-0.25, -0.2) is 4.98 Å². The Morgan fingerprint density at radius 2 is 1.65 bits per heavy atom. The Bertz CT molecular complexity index is 1070. The van der Waals surface area contributed by atoms with Crippen LogP contribution in [0.4, 0.5) is 0 Å². The molecule has 0 fully saturated rings. The summed E-state index contributed by atoms with van der Waals surface area (Å²) in [6.07, 6.45) is 4.01. The summed E-state index contributed by atoms with van der Waals surface area (Å²) in [5.74, 6) is 2.12. The minimum absolute atomic E-state index is 0.113. The molecule has 0 unspecified atom stereocenters. The standard InChI is InChI=1S/C29H41N3O2/c1-28(2,3)22-15-17-23(18-16-22)34-21-20-32-25-13-10-9-12-24(25)31-26(32)14-8-7-11-19-30-27(33)29(4,5)6/h9-10,12-13,15-18H,7-8,11,14,19-21H2,1-6H3,(H,30,33). The van der Waals surface area contributed by atoms with Gasteiger partial charge in [0, 0.05) is 18.4 Å². The monoisotopic (exact) mass is 463 g/mol.